The van der Waals surface area contributed by atoms with Gasteiger partial charge in [0.2, 0.25) is 5.95 Å². The van der Waals surface area contributed by atoms with Crippen molar-refractivity contribution in [2.45, 2.75) is 18.9 Å². The molecule has 0 radical (unpaired) electrons. The van der Waals surface area contributed by atoms with Crippen LogP contribution in [0.15, 0.2) is 30.5 Å². The fourth-order valence-electron chi connectivity index (χ4n) is 3.52. The second kappa shape index (κ2) is 8.94. The lowest BCUT2D eigenvalue weighted by atomic mass is 10.2. The Morgan fingerprint density at radius 3 is 2.68 bits per heavy atom. The Kier molecular flexibility index (Phi) is 6.14. The zero-order chi connectivity index (χ0) is 19.3. The van der Waals surface area contributed by atoms with E-state index in [-0.39, 0.29) is 6.10 Å². The molecule has 3 heterocycles. The zero-order valence-corrected chi connectivity index (χ0v) is 17.0. The van der Waals surface area contributed by atoms with Gasteiger partial charge in [-0.2, -0.15) is 4.98 Å². The van der Waals surface area contributed by atoms with Crippen LogP contribution in [0.3, 0.4) is 0 Å². The molecule has 2 aliphatic rings. The Labute approximate surface area is 171 Å². The SMILES string of the molecule is CN1CCN(c2ccc(Nc3ncc(Cl)c(NC[C@@H]4CCCO4)n3)cc2)CC1. The van der Waals surface area contributed by atoms with Crippen LogP contribution in [-0.4, -0.2) is 67.4 Å². The number of piperazine rings is 1. The van der Waals surface area contributed by atoms with Crippen LogP contribution >= 0.6 is 11.6 Å². The van der Waals surface area contributed by atoms with Crippen LogP contribution in [0.2, 0.25) is 5.02 Å². The number of anilines is 4. The standard InChI is InChI=1S/C20H27ClN6O/c1-26-8-10-27(11-9-26)16-6-4-15(5-7-16)24-20-23-14-18(21)19(25-20)22-13-17-3-2-12-28-17/h4-7,14,17H,2-3,8-13H2,1H3,(H2,22,23,24,25)/t17-/m0/s1. The van der Waals surface area contributed by atoms with Crippen molar-refractivity contribution >= 4 is 34.7 Å². The van der Waals surface area contributed by atoms with Crippen molar-refractivity contribution < 1.29 is 4.74 Å². The average Bonchev–Trinajstić information content (AvgIpc) is 3.23. The van der Waals surface area contributed by atoms with E-state index in [9.17, 15) is 0 Å². The van der Waals surface area contributed by atoms with E-state index >= 15 is 0 Å². The van der Waals surface area contributed by atoms with Gasteiger partial charge in [0.25, 0.3) is 0 Å². The van der Waals surface area contributed by atoms with Crippen LogP contribution in [0.25, 0.3) is 0 Å². The molecule has 2 saturated heterocycles. The Morgan fingerprint density at radius 2 is 1.96 bits per heavy atom. The van der Waals surface area contributed by atoms with Crippen molar-refractivity contribution in [3.63, 3.8) is 0 Å². The zero-order valence-electron chi connectivity index (χ0n) is 16.2. The number of rotatable bonds is 6. The predicted octanol–water partition coefficient (Wildman–Crippen LogP) is 3.22. The fourth-order valence-corrected chi connectivity index (χ4v) is 3.67. The third kappa shape index (κ3) is 4.84. The monoisotopic (exact) mass is 402 g/mol. The lowest BCUT2D eigenvalue weighted by molar-refractivity contribution is 0.120. The van der Waals surface area contributed by atoms with Crippen LogP contribution < -0.4 is 15.5 Å². The van der Waals surface area contributed by atoms with Crippen molar-refractivity contribution in [3.05, 3.63) is 35.5 Å². The summed E-state index contributed by atoms with van der Waals surface area (Å²) < 4.78 is 5.64. The summed E-state index contributed by atoms with van der Waals surface area (Å²) in [7, 11) is 2.17. The second-order valence-electron chi connectivity index (χ2n) is 7.37. The first-order chi connectivity index (χ1) is 13.7. The molecule has 0 aliphatic carbocycles. The van der Waals surface area contributed by atoms with Gasteiger partial charge in [0.05, 0.1) is 12.3 Å². The first kappa shape index (κ1) is 19.2. The van der Waals surface area contributed by atoms with Crippen molar-refractivity contribution in [3.8, 4) is 0 Å². The normalized spacial score (nSPS) is 20.4. The van der Waals surface area contributed by atoms with Crippen LogP contribution in [-0.2, 0) is 4.74 Å². The highest BCUT2D eigenvalue weighted by molar-refractivity contribution is 6.32. The number of benzene rings is 1. The maximum Gasteiger partial charge on any atom is 0.229 e. The lowest BCUT2D eigenvalue weighted by Crippen LogP contribution is -2.44. The number of aromatic nitrogens is 2. The van der Waals surface area contributed by atoms with Gasteiger partial charge in [-0.05, 0) is 44.2 Å². The number of nitrogens with zero attached hydrogens (tertiary/aromatic N) is 4. The summed E-state index contributed by atoms with van der Waals surface area (Å²) in [6.45, 7) is 5.85. The van der Waals surface area contributed by atoms with Crippen molar-refractivity contribution in [2.75, 3.05) is 61.9 Å². The summed E-state index contributed by atoms with van der Waals surface area (Å²) in [4.78, 5) is 13.6. The topological polar surface area (TPSA) is 65.5 Å². The van der Waals surface area contributed by atoms with Crippen molar-refractivity contribution in [1.82, 2.24) is 14.9 Å². The van der Waals surface area contributed by atoms with Gasteiger partial charge >= 0.3 is 0 Å². The highest BCUT2D eigenvalue weighted by Crippen LogP contribution is 2.24. The van der Waals surface area contributed by atoms with Crippen molar-refractivity contribution in [2.24, 2.45) is 0 Å². The largest absolute Gasteiger partial charge is 0.376 e. The summed E-state index contributed by atoms with van der Waals surface area (Å²) in [6, 6.07) is 8.40. The Hall–Kier alpha value is -2.09. The fraction of sp³-hybridized carbons (Fsp3) is 0.500. The van der Waals surface area contributed by atoms with Gasteiger partial charge in [-0.15, -0.1) is 0 Å². The number of hydrogen-bond donors (Lipinski definition) is 2. The minimum Gasteiger partial charge on any atom is -0.376 e. The molecule has 0 bridgehead atoms. The van der Waals surface area contributed by atoms with E-state index in [1.54, 1.807) is 6.20 Å². The van der Waals surface area contributed by atoms with E-state index in [1.165, 1.54) is 5.69 Å². The summed E-state index contributed by atoms with van der Waals surface area (Å²) in [5.74, 6) is 1.15. The number of likely N-dealkylation sites (N-methyl/N-ethyl adjacent to an activating group) is 1. The summed E-state index contributed by atoms with van der Waals surface area (Å²) >= 11 is 6.24. The Morgan fingerprint density at radius 1 is 1.18 bits per heavy atom. The van der Waals surface area contributed by atoms with Gasteiger partial charge in [-0.1, -0.05) is 11.6 Å². The highest BCUT2D eigenvalue weighted by atomic mass is 35.5. The molecule has 1 aromatic carbocycles. The van der Waals surface area contributed by atoms with E-state index in [4.69, 9.17) is 16.3 Å². The number of hydrogen-bond acceptors (Lipinski definition) is 7. The summed E-state index contributed by atoms with van der Waals surface area (Å²) in [6.07, 6.45) is 4.03. The molecule has 2 fully saturated rings. The van der Waals surface area contributed by atoms with Gasteiger partial charge < -0.3 is 25.2 Å². The van der Waals surface area contributed by atoms with E-state index in [0.717, 1.165) is 51.3 Å². The lowest BCUT2D eigenvalue weighted by Gasteiger charge is -2.34. The van der Waals surface area contributed by atoms with Gasteiger partial charge in [0.1, 0.15) is 5.02 Å². The molecule has 0 unspecified atom stereocenters. The number of ether oxygens (including phenoxy) is 1. The van der Waals surface area contributed by atoms with Crippen LogP contribution in [0, 0.1) is 0 Å². The number of halogens is 1. The molecule has 8 heteroatoms. The first-order valence-corrected chi connectivity index (χ1v) is 10.2. The molecule has 2 aliphatic heterocycles. The molecule has 2 N–H and O–H groups in total. The molecule has 4 rings (SSSR count). The average molecular weight is 403 g/mol. The Bertz CT molecular complexity index is 773. The molecule has 0 spiro atoms. The van der Waals surface area contributed by atoms with Crippen LogP contribution in [0.5, 0.6) is 0 Å². The molecular weight excluding hydrogens is 376 g/mol. The molecule has 150 valence electrons. The second-order valence-corrected chi connectivity index (χ2v) is 7.78. The molecule has 0 saturated carbocycles. The Balaban J connectivity index is 1.37. The molecule has 1 aromatic heterocycles. The maximum absolute atomic E-state index is 6.24. The van der Waals surface area contributed by atoms with Gasteiger partial charge in [0, 0.05) is 50.7 Å². The molecule has 0 amide bonds. The van der Waals surface area contributed by atoms with Gasteiger partial charge in [-0.25, -0.2) is 4.98 Å². The number of nitrogens with one attached hydrogen (secondary N) is 2. The molecular formula is C20H27ClN6O. The quantitative estimate of drug-likeness (QED) is 0.769. The minimum absolute atomic E-state index is 0.226. The predicted molar refractivity (Wildman–Crippen MR) is 114 cm³/mol. The molecule has 1 atom stereocenters. The summed E-state index contributed by atoms with van der Waals surface area (Å²) in [5, 5.41) is 7.04. The van der Waals surface area contributed by atoms with Crippen LogP contribution in [0.1, 0.15) is 12.8 Å². The molecule has 28 heavy (non-hydrogen) atoms. The van der Waals surface area contributed by atoms with Gasteiger partial charge in [-0.3, -0.25) is 0 Å². The van der Waals surface area contributed by atoms with Crippen LogP contribution in [0.4, 0.5) is 23.1 Å². The highest BCUT2D eigenvalue weighted by Gasteiger charge is 2.16. The van der Waals surface area contributed by atoms with E-state index in [2.05, 4.69) is 61.7 Å². The third-order valence-electron chi connectivity index (χ3n) is 5.26. The first-order valence-electron chi connectivity index (χ1n) is 9.86. The van der Waals surface area contributed by atoms with E-state index in [1.807, 2.05) is 0 Å². The van der Waals surface area contributed by atoms with Gasteiger partial charge in [0.15, 0.2) is 5.82 Å². The van der Waals surface area contributed by atoms with Crippen molar-refractivity contribution in [1.29, 1.82) is 0 Å². The molecule has 2 aromatic rings. The maximum atomic E-state index is 6.24. The molecule has 7 nitrogen and oxygen atoms in total. The third-order valence-corrected chi connectivity index (χ3v) is 5.53. The van der Waals surface area contributed by atoms with E-state index < -0.39 is 0 Å². The van der Waals surface area contributed by atoms with E-state index in [0.29, 0.717) is 23.3 Å². The smallest absolute Gasteiger partial charge is 0.229 e. The summed E-state index contributed by atoms with van der Waals surface area (Å²) in [5.41, 5.74) is 2.19. The minimum atomic E-state index is 0.226.